The minimum Gasteiger partial charge on any atom is -0.379 e. The van der Waals surface area contributed by atoms with E-state index in [4.69, 9.17) is 4.74 Å². The van der Waals surface area contributed by atoms with Gasteiger partial charge in [-0.2, -0.15) is 0 Å². The van der Waals surface area contributed by atoms with Gasteiger partial charge in [0.25, 0.3) is 0 Å². The average molecular weight is 236 g/mol. The topological polar surface area (TPSA) is 52.0 Å². The highest BCUT2D eigenvalue weighted by Gasteiger charge is 2.21. The Kier molecular flexibility index (Phi) is 3.38. The van der Waals surface area contributed by atoms with Gasteiger partial charge in [0, 0.05) is 25.4 Å². The van der Waals surface area contributed by atoms with Crippen LogP contribution in [0, 0.1) is 5.92 Å². The lowest BCUT2D eigenvalue weighted by molar-refractivity contribution is 0.114. The van der Waals surface area contributed by atoms with Crippen molar-refractivity contribution >= 4 is 0 Å². The molecule has 0 aliphatic heterocycles. The molecule has 2 aliphatic rings. The molecule has 17 heavy (non-hydrogen) atoms. The molecule has 1 aromatic rings. The third-order valence-electron chi connectivity index (χ3n) is 3.25. The van der Waals surface area contributed by atoms with Crippen molar-refractivity contribution in [2.75, 3.05) is 13.2 Å². The summed E-state index contributed by atoms with van der Waals surface area (Å²) in [6.07, 6.45) is 7.32. The van der Waals surface area contributed by atoms with Gasteiger partial charge in [0.2, 0.25) is 0 Å². The maximum atomic E-state index is 5.57. The molecule has 0 saturated heterocycles. The molecule has 2 aliphatic carbocycles. The van der Waals surface area contributed by atoms with Gasteiger partial charge in [0.1, 0.15) is 0 Å². The molecular formula is C12H20N4O. The van der Waals surface area contributed by atoms with Crippen LogP contribution in [0.3, 0.4) is 0 Å². The van der Waals surface area contributed by atoms with E-state index in [2.05, 4.69) is 15.6 Å². The zero-order chi connectivity index (χ0) is 11.5. The second-order valence-corrected chi connectivity index (χ2v) is 5.15. The van der Waals surface area contributed by atoms with E-state index in [9.17, 15) is 0 Å². The Morgan fingerprint density at radius 1 is 1.35 bits per heavy atom. The van der Waals surface area contributed by atoms with Crippen molar-refractivity contribution in [3.63, 3.8) is 0 Å². The minimum absolute atomic E-state index is 0.724. The lowest BCUT2D eigenvalue weighted by Crippen LogP contribution is -2.15. The molecule has 94 valence electrons. The number of aromatic nitrogens is 3. The highest BCUT2D eigenvalue weighted by molar-refractivity contribution is 4.94. The molecule has 0 aromatic carbocycles. The molecule has 1 N–H and O–H groups in total. The summed E-state index contributed by atoms with van der Waals surface area (Å²) in [5, 5.41) is 11.7. The number of hydrogen-bond acceptors (Lipinski definition) is 4. The molecule has 2 fully saturated rings. The van der Waals surface area contributed by atoms with Crippen molar-refractivity contribution in [1.82, 2.24) is 20.3 Å². The summed E-state index contributed by atoms with van der Waals surface area (Å²) in [5.74, 6) is 0.837. The van der Waals surface area contributed by atoms with Crippen molar-refractivity contribution in [2.45, 2.75) is 44.8 Å². The molecule has 1 heterocycles. The standard InChI is InChI=1S/C12H20N4O/c1-2-10(1)9-17-6-5-16-8-12(14-15-16)7-13-11-3-4-11/h8,10-11,13H,1-7,9H2. The van der Waals surface area contributed by atoms with Crippen LogP contribution in [0.4, 0.5) is 0 Å². The van der Waals surface area contributed by atoms with Crippen LogP contribution in [-0.2, 0) is 17.8 Å². The molecule has 0 bridgehead atoms. The summed E-state index contributed by atoms with van der Waals surface area (Å²) in [4.78, 5) is 0. The summed E-state index contributed by atoms with van der Waals surface area (Å²) >= 11 is 0. The van der Waals surface area contributed by atoms with E-state index < -0.39 is 0 Å². The van der Waals surface area contributed by atoms with Gasteiger partial charge in [0.15, 0.2) is 0 Å². The van der Waals surface area contributed by atoms with Crippen molar-refractivity contribution in [3.05, 3.63) is 11.9 Å². The van der Waals surface area contributed by atoms with Gasteiger partial charge in [-0.05, 0) is 31.6 Å². The molecule has 5 heteroatoms. The average Bonchev–Trinajstić information content (AvgIpc) is 3.24. The van der Waals surface area contributed by atoms with Crippen molar-refractivity contribution < 1.29 is 4.74 Å². The van der Waals surface area contributed by atoms with E-state index in [-0.39, 0.29) is 0 Å². The summed E-state index contributed by atoms with van der Waals surface area (Å²) in [6, 6.07) is 0.724. The second kappa shape index (κ2) is 5.14. The predicted octanol–water partition coefficient (Wildman–Crippen LogP) is 0.957. The van der Waals surface area contributed by atoms with Crippen LogP contribution >= 0.6 is 0 Å². The zero-order valence-corrected chi connectivity index (χ0v) is 10.1. The van der Waals surface area contributed by atoms with Gasteiger partial charge < -0.3 is 10.1 Å². The first kappa shape index (κ1) is 11.2. The first-order chi connectivity index (χ1) is 8.40. The van der Waals surface area contributed by atoms with E-state index in [1.54, 1.807) is 0 Å². The molecule has 0 amide bonds. The first-order valence-electron chi connectivity index (χ1n) is 6.60. The number of rotatable bonds is 8. The predicted molar refractivity (Wildman–Crippen MR) is 63.4 cm³/mol. The smallest absolute Gasteiger partial charge is 0.0964 e. The fraction of sp³-hybridized carbons (Fsp3) is 0.833. The lowest BCUT2D eigenvalue weighted by Gasteiger charge is -2.02. The normalized spacial score (nSPS) is 19.8. The molecular weight excluding hydrogens is 216 g/mol. The second-order valence-electron chi connectivity index (χ2n) is 5.15. The van der Waals surface area contributed by atoms with E-state index >= 15 is 0 Å². The van der Waals surface area contributed by atoms with Crippen LogP contribution in [0.1, 0.15) is 31.4 Å². The Morgan fingerprint density at radius 3 is 3.00 bits per heavy atom. The Bertz CT molecular complexity index is 357. The summed E-state index contributed by atoms with van der Waals surface area (Å²) < 4.78 is 7.45. The maximum absolute atomic E-state index is 5.57. The third kappa shape index (κ3) is 3.78. The number of nitrogens with zero attached hydrogens (tertiary/aromatic N) is 3. The fourth-order valence-electron chi connectivity index (χ4n) is 1.76. The van der Waals surface area contributed by atoms with Crippen LogP contribution in [0.15, 0.2) is 6.20 Å². The Morgan fingerprint density at radius 2 is 2.24 bits per heavy atom. The maximum Gasteiger partial charge on any atom is 0.0964 e. The van der Waals surface area contributed by atoms with Crippen LogP contribution in [-0.4, -0.2) is 34.2 Å². The van der Waals surface area contributed by atoms with Crippen LogP contribution in [0.2, 0.25) is 0 Å². The highest BCUT2D eigenvalue weighted by atomic mass is 16.5. The molecule has 0 radical (unpaired) electrons. The largest absolute Gasteiger partial charge is 0.379 e. The SMILES string of the molecule is c1c(CNC2CC2)nnn1CCOCC1CC1. The van der Waals surface area contributed by atoms with E-state index in [0.29, 0.717) is 0 Å². The van der Waals surface area contributed by atoms with Gasteiger partial charge in [-0.15, -0.1) is 5.10 Å². The van der Waals surface area contributed by atoms with Gasteiger partial charge >= 0.3 is 0 Å². The summed E-state index contributed by atoms with van der Waals surface area (Å²) in [7, 11) is 0. The van der Waals surface area contributed by atoms with E-state index in [1.807, 2.05) is 10.9 Å². The fourth-order valence-corrected chi connectivity index (χ4v) is 1.76. The first-order valence-corrected chi connectivity index (χ1v) is 6.60. The third-order valence-corrected chi connectivity index (χ3v) is 3.25. The van der Waals surface area contributed by atoms with E-state index in [0.717, 1.165) is 44.0 Å². The molecule has 5 nitrogen and oxygen atoms in total. The molecule has 0 spiro atoms. The van der Waals surface area contributed by atoms with Gasteiger partial charge in [-0.3, -0.25) is 0 Å². The molecule has 2 saturated carbocycles. The van der Waals surface area contributed by atoms with E-state index in [1.165, 1.54) is 25.7 Å². The van der Waals surface area contributed by atoms with Crippen molar-refractivity contribution in [2.24, 2.45) is 5.92 Å². The van der Waals surface area contributed by atoms with Gasteiger partial charge in [-0.1, -0.05) is 5.21 Å². The zero-order valence-electron chi connectivity index (χ0n) is 10.1. The van der Waals surface area contributed by atoms with Gasteiger partial charge in [0.05, 0.1) is 18.8 Å². The molecule has 0 unspecified atom stereocenters. The lowest BCUT2D eigenvalue weighted by atomic mass is 10.4. The van der Waals surface area contributed by atoms with Crippen LogP contribution in [0.5, 0.6) is 0 Å². The monoisotopic (exact) mass is 236 g/mol. The Labute approximate surface area is 102 Å². The highest BCUT2D eigenvalue weighted by Crippen LogP contribution is 2.28. The Hall–Kier alpha value is -0.940. The number of ether oxygens (including phenoxy) is 1. The summed E-state index contributed by atoms with van der Waals surface area (Å²) in [6.45, 7) is 3.32. The van der Waals surface area contributed by atoms with Crippen molar-refractivity contribution in [3.8, 4) is 0 Å². The minimum atomic E-state index is 0.724. The molecule has 0 atom stereocenters. The van der Waals surface area contributed by atoms with Crippen molar-refractivity contribution in [1.29, 1.82) is 0 Å². The molecule has 3 rings (SSSR count). The van der Waals surface area contributed by atoms with Gasteiger partial charge in [-0.25, -0.2) is 4.68 Å². The number of hydrogen-bond donors (Lipinski definition) is 1. The molecule has 1 aromatic heterocycles. The van der Waals surface area contributed by atoms with Crippen LogP contribution < -0.4 is 5.32 Å². The quantitative estimate of drug-likeness (QED) is 0.683. The number of nitrogens with one attached hydrogen (secondary N) is 1. The summed E-state index contributed by atoms with van der Waals surface area (Å²) in [5.41, 5.74) is 1.03. The van der Waals surface area contributed by atoms with Crippen LogP contribution in [0.25, 0.3) is 0 Å². The Balaban J connectivity index is 1.33.